The number of carboxylic acid groups (broad SMARTS) is 1. The first kappa shape index (κ1) is 11.8. The minimum atomic E-state index is -1.05. The zero-order chi connectivity index (χ0) is 11.3. The summed E-state index contributed by atoms with van der Waals surface area (Å²) < 4.78 is 0. The topological polar surface area (TPSA) is 66.4 Å². The Morgan fingerprint density at radius 1 is 1.27 bits per heavy atom. The molecule has 1 aliphatic carbocycles. The summed E-state index contributed by atoms with van der Waals surface area (Å²) in [6, 6.07) is 0.226. The van der Waals surface area contributed by atoms with Crippen LogP contribution in [0.4, 0.5) is 0 Å². The highest BCUT2D eigenvalue weighted by atomic mass is 16.4. The largest absolute Gasteiger partial charge is 0.478 e. The third-order valence-electron chi connectivity index (χ3n) is 2.64. The normalized spacial score (nSPS) is 18.6. The molecule has 0 atom stereocenters. The van der Waals surface area contributed by atoms with Crippen molar-refractivity contribution in [3.8, 4) is 0 Å². The molecule has 1 rings (SSSR count). The quantitative estimate of drug-likeness (QED) is 0.694. The maximum absolute atomic E-state index is 11.4. The first-order chi connectivity index (χ1) is 7.09. The highest BCUT2D eigenvalue weighted by Gasteiger charge is 2.15. The number of amides is 1. The molecule has 1 amide bonds. The minimum Gasteiger partial charge on any atom is -0.478 e. The van der Waals surface area contributed by atoms with Crippen molar-refractivity contribution in [2.75, 3.05) is 0 Å². The van der Waals surface area contributed by atoms with Gasteiger partial charge >= 0.3 is 5.97 Å². The van der Waals surface area contributed by atoms with Crippen LogP contribution in [0.25, 0.3) is 0 Å². The number of nitrogens with one attached hydrogen (secondary N) is 1. The molecule has 0 spiro atoms. The van der Waals surface area contributed by atoms with E-state index in [1.807, 2.05) is 0 Å². The molecule has 0 aromatic carbocycles. The molecule has 2 N–H and O–H groups in total. The van der Waals surface area contributed by atoms with Crippen molar-refractivity contribution < 1.29 is 14.7 Å². The molecule has 1 saturated carbocycles. The SMILES string of the molecule is C/C(=C\C(=O)NC1CCCCC1)C(=O)O. The summed E-state index contributed by atoms with van der Waals surface area (Å²) in [5, 5.41) is 11.4. The number of rotatable bonds is 3. The fourth-order valence-corrected chi connectivity index (χ4v) is 1.75. The number of carboxylic acids is 1. The summed E-state index contributed by atoms with van der Waals surface area (Å²) >= 11 is 0. The minimum absolute atomic E-state index is 0.0725. The van der Waals surface area contributed by atoms with Crippen LogP contribution < -0.4 is 5.32 Å². The van der Waals surface area contributed by atoms with Gasteiger partial charge in [0.05, 0.1) is 0 Å². The van der Waals surface area contributed by atoms with E-state index in [2.05, 4.69) is 5.32 Å². The van der Waals surface area contributed by atoms with E-state index in [4.69, 9.17) is 5.11 Å². The maximum atomic E-state index is 11.4. The molecular formula is C11H17NO3. The summed E-state index contributed by atoms with van der Waals surface area (Å²) in [6.45, 7) is 1.42. The highest BCUT2D eigenvalue weighted by Crippen LogP contribution is 2.17. The van der Waals surface area contributed by atoms with Crippen LogP contribution in [0, 0.1) is 0 Å². The van der Waals surface area contributed by atoms with E-state index < -0.39 is 5.97 Å². The van der Waals surface area contributed by atoms with Crippen molar-refractivity contribution >= 4 is 11.9 Å². The van der Waals surface area contributed by atoms with E-state index in [1.54, 1.807) is 0 Å². The Balaban J connectivity index is 2.41. The molecule has 0 aliphatic heterocycles. The molecule has 1 aliphatic rings. The van der Waals surface area contributed by atoms with Gasteiger partial charge in [-0.1, -0.05) is 19.3 Å². The maximum Gasteiger partial charge on any atom is 0.331 e. The van der Waals surface area contributed by atoms with Crippen LogP contribution in [0.15, 0.2) is 11.6 Å². The molecule has 0 bridgehead atoms. The molecule has 0 unspecified atom stereocenters. The van der Waals surface area contributed by atoms with E-state index in [0.717, 1.165) is 31.8 Å². The Kier molecular flexibility index (Phi) is 4.34. The first-order valence-corrected chi connectivity index (χ1v) is 5.31. The fourth-order valence-electron chi connectivity index (χ4n) is 1.75. The van der Waals surface area contributed by atoms with E-state index in [-0.39, 0.29) is 17.5 Å². The van der Waals surface area contributed by atoms with Gasteiger partial charge in [0.15, 0.2) is 0 Å². The van der Waals surface area contributed by atoms with Gasteiger partial charge in [0.2, 0.25) is 5.91 Å². The fraction of sp³-hybridized carbons (Fsp3) is 0.636. The average Bonchev–Trinajstić information content (AvgIpc) is 2.18. The van der Waals surface area contributed by atoms with Crippen molar-refractivity contribution in [3.05, 3.63) is 11.6 Å². The van der Waals surface area contributed by atoms with E-state index in [9.17, 15) is 9.59 Å². The van der Waals surface area contributed by atoms with Gasteiger partial charge < -0.3 is 10.4 Å². The Morgan fingerprint density at radius 2 is 1.87 bits per heavy atom. The molecule has 84 valence electrons. The molecule has 0 saturated heterocycles. The van der Waals surface area contributed by atoms with Gasteiger partial charge in [-0.15, -0.1) is 0 Å². The smallest absolute Gasteiger partial charge is 0.331 e. The summed E-state index contributed by atoms with van der Waals surface area (Å²) in [4.78, 5) is 21.9. The lowest BCUT2D eigenvalue weighted by atomic mass is 9.95. The molecule has 4 nitrogen and oxygen atoms in total. The number of aliphatic carboxylic acids is 1. The van der Waals surface area contributed by atoms with Gasteiger partial charge in [-0.2, -0.15) is 0 Å². The molecule has 0 heterocycles. The zero-order valence-corrected chi connectivity index (χ0v) is 8.95. The predicted octanol–water partition coefficient (Wildman–Crippen LogP) is 1.47. The second-order valence-electron chi connectivity index (χ2n) is 3.98. The van der Waals surface area contributed by atoms with Crippen LogP contribution in [0.1, 0.15) is 39.0 Å². The number of hydrogen-bond donors (Lipinski definition) is 2. The van der Waals surface area contributed by atoms with E-state index in [1.165, 1.54) is 13.3 Å². The molecule has 15 heavy (non-hydrogen) atoms. The van der Waals surface area contributed by atoms with Crippen LogP contribution >= 0.6 is 0 Å². The van der Waals surface area contributed by atoms with Crippen molar-refractivity contribution in [2.45, 2.75) is 45.1 Å². The third kappa shape index (κ3) is 4.14. The molecule has 4 heteroatoms. The van der Waals surface area contributed by atoms with Crippen LogP contribution in [-0.4, -0.2) is 23.0 Å². The molecule has 1 fully saturated rings. The van der Waals surface area contributed by atoms with Gasteiger partial charge in [0.25, 0.3) is 0 Å². The average molecular weight is 211 g/mol. The van der Waals surface area contributed by atoms with Crippen LogP contribution in [-0.2, 0) is 9.59 Å². The van der Waals surface area contributed by atoms with Crippen molar-refractivity contribution in [3.63, 3.8) is 0 Å². The molecule has 0 radical (unpaired) electrons. The summed E-state index contributed by atoms with van der Waals surface area (Å²) in [7, 11) is 0. The van der Waals surface area contributed by atoms with Crippen LogP contribution in [0.2, 0.25) is 0 Å². The Labute approximate surface area is 89.4 Å². The second kappa shape index (κ2) is 5.53. The summed E-state index contributed by atoms with van der Waals surface area (Å²) in [5.74, 6) is -1.34. The number of hydrogen-bond acceptors (Lipinski definition) is 2. The Bertz CT molecular complexity index is 278. The summed E-state index contributed by atoms with van der Waals surface area (Å²) in [5.41, 5.74) is 0.0725. The Morgan fingerprint density at radius 3 is 2.40 bits per heavy atom. The Hall–Kier alpha value is -1.32. The first-order valence-electron chi connectivity index (χ1n) is 5.31. The summed E-state index contributed by atoms with van der Waals surface area (Å²) in [6.07, 6.45) is 6.68. The molecular weight excluding hydrogens is 194 g/mol. The van der Waals surface area contributed by atoms with E-state index in [0.29, 0.717) is 0 Å². The highest BCUT2D eigenvalue weighted by molar-refractivity contribution is 5.97. The lowest BCUT2D eigenvalue weighted by molar-refractivity contribution is -0.133. The van der Waals surface area contributed by atoms with Crippen LogP contribution in [0.3, 0.4) is 0 Å². The number of carbonyl (C=O) groups excluding carboxylic acids is 1. The van der Waals surface area contributed by atoms with E-state index >= 15 is 0 Å². The lowest BCUT2D eigenvalue weighted by Gasteiger charge is -2.21. The lowest BCUT2D eigenvalue weighted by Crippen LogP contribution is -2.35. The third-order valence-corrected chi connectivity index (χ3v) is 2.64. The second-order valence-corrected chi connectivity index (χ2v) is 3.98. The van der Waals surface area contributed by atoms with Gasteiger partial charge in [0.1, 0.15) is 0 Å². The van der Waals surface area contributed by atoms with Gasteiger partial charge in [-0.3, -0.25) is 4.79 Å². The van der Waals surface area contributed by atoms with Crippen LogP contribution in [0.5, 0.6) is 0 Å². The van der Waals surface area contributed by atoms with Crippen molar-refractivity contribution in [1.29, 1.82) is 0 Å². The van der Waals surface area contributed by atoms with Gasteiger partial charge in [0, 0.05) is 17.7 Å². The van der Waals surface area contributed by atoms with Crippen molar-refractivity contribution in [2.24, 2.45) is 0 Å². The zero-order valence-electron chi connectivity index (χ0n) is 8.95. The number of carbonyl (C=O) groups is 2. The molecule has 0 aromatic heterocycles. The predicted molar refractivity (Wildman–Crippen MR) is 56.4 cm³/mol. The van der Waals surface area contributed by atoms with Gasteiger partial charge in [-0.25, -0.2) is 4.79 Å². The molecule has 0 aromatic rings. The standard InChI is InChI=1S/C11H17NO3/c1-8(11(14)15)7-10(13)12-9-5-3-2-4-6-9/h7,9H,2-6H2,1H3,(H,12,13)(H,14,15)/b8-7+. The van der Waals surface area contributed by atoms with Crippen molar-refractivity contribution in [1.82, 2.24) is 5.32 Å². The monoisotopic (exact) mass is 211 g/mol. The van der Waals surface area contributed by atoms with Gasteiger partial charge in [-0.05, 0) is 19.8 Å².